The third-order valence-electron chi connectivity index (χ3n) is 5.14. The molecule has 0 aliphatic heterocycles. The summed E-state index contributed by atoms with van der Waals surface area (Å²) in [6.45, 7) is 3.81. The van der Waals surface area contributed by atoms with Crippen molar-refractivity contribution in [3.8, 4) is 11.3 Å². The first kappa shape index (κ1) is 21.0. The minimum atomic E-state index is -0.735. The van der Waals surface area contributed by atoms with Crippen LogP contribution in [0.25, 0.3) is 22.3 Å². The Hall–Kier alpha value is -3.23. The summed E-state index contributed by atoms with van der Waals surface area (Å²) in [4.78, 5) is 20.1. The van der Waals surface area contributed by atoms with E-state index in [4.69, 9.17) is 11.6 Å². The first-order chi connectivity index (χ1) is 14.9. The molecule has 1 atom stereocenters. The molecule has 0 bridgehead atoms. The molecule has 0 aliphatic rings. The summed E-state index contributed by atoms with van der Waals surface area (Å²) in [5.41, 5.74) is 3.96. The van der Waals surface area contributed by atoms with E-state index in [9.17, 15) is 14.3 Å². The number of carbonyl (C=O) groups excluding carboxylic acids is 1. The zero-order valence-electron chi connectivity index (χ0n) is 16.9. The van der Waals surface area contributed by atoms with E-state index in [-0.39, 0.29) is 11.6 Å². The lowest BCUT2D eigenvalue weighted by molar-refractivity contribution is 0.0911. The van der Waals surface area contributed by atoms with Crippen molar-refractivity contribution in [2.24, 2.45) is 0 Å². The average Bonchev–Trinajstić information content (AvgIpc) is 3.40. The summed E-state index contributed by atoms with van der Waals surface area (Å²) in [5.74, 6) is -0.669. The van der Waals surface area contributed by atoms with E-state index in [2.05, 4.69) is 39.3 Å². The Morgan fingerprint density at radius 3 is 2.77 bits per heavy atom. The largest absolute Gasteiger partial charge is 0.394 e. The fourth-order valence-corrected chi connectivity index (χ4v) is 3.51. The van der Waals surface area contributed by atoms with Gasteiger partial charge in [0.15, 0.2) is 5.65 Å². The summed E-state index contributed by atoms with van der Waals surface area (Å²) in [5, 5.41) is 20.5. The van der Waals surface area contributed by atoms with Crippen LogP contribution < -0.4 is 5.32 Å². The molecule has 0 aliphatic carbocycles. The first-order valence-electron chi connectivity index (χ1n) is 9.77. The molecule has 7 nitrogen and oxygen atoms in total. The van der Waals surface area contributed by atoms with Gasteiger partial charge in [-0.15, -0.1) is 0 Å². The highest BCUT2D eigenvalue weighted by atomic mass is 35.5. The fourth-order valence-electron chi connectivity index (χ4n) is 3.32. The van der Waals surface area contributed by atoms with Gasteiger partial charge in [-0.1, -0.05) is 31.5 Å². The number of benzene rings is 1. The number of aliphatic hydroxyl groups is 1. The van der Waals surface area contributed by atoms with Crippen LogP contribution in [0, 0.1) is 5.82 Å². The van der Waals surface area contributed by atoms with E-state index in [1.165, 1.54) is 18.2 Å². The van der Waals surface area contributed by atoms with Gasteiger partial charge in [-0.3, -0.25) is 9.89 Å². The second-order valence-electron chi connectivity index (χ2n) is 7.58. The Morgan fingerprint density at radius 1 is 1.26 bits per heavy atom. The van der Waals surface area contributed by atoms with Crippen LogP contribution >= 0.6 is 11.6 Å². The number of rotatable bonds is 6. The number of halogens is 2. The Kier molecular flexibility index (Phi) is 5.75. The van der Waals surface area contributed by atoms with Crippen LogP contribution in [0.4, 0.5) is 4.39 Å². The summed E-state index contributed by atoms with van der Waals surface area (Å²) in [6, 6.07) is 7.03. The van der Waals surface area contributed by atoms with Crippen LogP contribution in [-0.2, 0) is 0 Å². The third-order valence-corrected chi connectivity index (χ3v) is 5.43. The molecule has 0 saturated heterocycles. The first-order valence-corrected chi connectivity index (χ1v) is 10.1. The Balaban J connectivity index is 1.58. The van der Waals surface area contributed by atoms with Gasteiger partial charge in [0.1, 0.15) is 17.2 Å². The van der Waals surface area contributed by atoms with Crippen molar-refractivity contribution in [2.75, 3.05) is 6.61 Å². The molecule has 3 aromatic heterocycles. The van der Waals surface area contributed by atoms with Crippen LogP contribution in [0.3, 0.4) is 0 Å². The number of nitrogens with zero attached hydrogens (tertiary/aromatic N) is 2. The van der Waals surface area contributed by atoms with Gasteiger partial charge >= 0.3 is 0 Å². The molecule has 0 saturated carbocycles. The fraction of sp³-hybridized carbons (Fsp3) is 0.227. The van der Waals surface area contributed by atoms with Gasteiger partial charge in [0.2, 0.25) is 0 Å². The van der Waals surface area contributed by atoms with Crippen molar-refractivity contribution in [1.29, 1.82) is 0 Å². The second kappa shape index (κ2) is 8.49. The average molecular weight is 442 g/mol. The predicted octanol–water partition coefficient (Wildman–Crippen LogP) is 4.33. The maximum Gasteiger partial charge on any atom is 0.268 e. The van der Waals surface area contributed by atoms with Gasteiger partial charge in [-0.2, -0.15) is 5.10 Å². The molecule has 4 rings (SSSR count). The number of carbonyl (C=O) groups is 1. The molecule has 4 N–H and O–H groups in total. The second-order valence-corrected chi connectivity index (χ2v) is 7.98. The Labute approximate surface area is 182 Å². The molecule has 4 aromatic rings. The number of pyridine rings is 1. The third kappa shape index (κ3) is 4.17. The minimum Gasteiger partial charge on any atom is -0.394 e. The maximum atomic E-state index is 13.4. The summed E-state index contributed by atoms with van der Waals surface area (Å²) in [6.07, 6.45) is 3.51. The highest BCUT2D eigenvalue weighted by Gasteiger charge is 2.19. The number of hydrogen-bond acceptors (Lipinski definition) is 4. The summed E-state index contributed by atoms with van der Waals surface area (Å²) >= 11 is 5.82. The smallest absolute Gasteiger partial charge is 0.268 e. The number of aromatic amines is 2. The summed E-state index contributed by atoms with van der Waals surface area (Å²) < 4.78 is 13.4. The van der Waals surface area contributed by atoms with Gasteiger partial charge in [0, 0.05) is 23.3 Å². The molecule has 1 aromatic carbocycles. The lowest BCUT2D eigenvalue weighted by Crippen LogP contribution is -2.31. The van der Waals surface area contributed by atoms with E-state index in [0.717, 1.165) is 16.5 Å². The number of hydrogen-bond donors (Lipinski definition) is 4. The highest BCUT2D eigenvalue weighted by Crippen LogP contribution is 2.28. The summed E-state index contributed by atoms with van der Waals surface area (Å²) in [7, 11) is 0. The molecule has 0 radical (unpaired) electrons. The molecular weight excluding hydrogens is 421 g/mol. The number of aliphatic hydroxyl groups excluding tert-OH is 1. The molecule has 9 heteroatoms. The minimum absolute atomic E-state index is 0.0767. The zero-order valence-corrected chi connectivity index (χ0v) is 17.7. The SMILES string of the molecule is CC(C)c1cnc2[nH]nc(-c3c[nH]c(C(=O)NC(CO)c4ccc(F)c(Cl)c4)c3)c2c1. The van der Waals surface area contributed by atoms with Crippen molar-refractivity contribution in [3.05, 3.63) is 70.4 Å². The number of amides is 1. The van der Waals surface area contributed by atoms with Crippen LogP contribution in [0.2, 0.25) is 5.02 Å². The van der Waals surface area contributed by atoms with Crippen LogP contribution in [0.5, 0.6) is 0 Å². The lowest BCUT2D eigenvalue weighted by Gasteiger charge is -2.16. The highest BCUT2D eigenvalue weighted by molar-refractivity contribution is 6.30. The Morgan fingerprint density at radius 2 is 2.06 bits per heavy atom. The van der Waals surface area contributed by atoms with Gasteiger partial charge in [0.05, 0.1) is 17.7 Å². The van der Waals surface area contributed by atoms with Crippen LogP contribution in [-0.4, -0.2) is 37.8 Å². The number of aromatic nitrogens is 4. The van der Waals surface area contributed by atoms with E-state index >= 15 is 0 Å². The van der Waals surface area contributed by atoms with Crippen molar-refractivity contribution >= 4 is 28.5 Å². The molecule has 31 heavy (non-hydrogen) atoms. The quantitative estimate of drug-likeness (QED) is 0.357. The molecular formula is C22H21ClFN5O2. The molecule has 160 valence electrons. The van der Waals surface area contributed by atoms with Gasteiger partial charge in [-0.05, 0) is 41.3 Å². The molecule has 1 unspecified atom stereocenters. The monoisotopic (exact) mass is 441 g/mol. The van der Waals surface area contributed by atoms with Crippen LogP contribution in [0.15, 0.2) is 42.7 Å². The molecule has 1 amide bonds. The van der Waals surface area contributed by atoms with E-state index in [1.807, 2.05) is 12.3 Å². The van der Waals surface area contributed by atoms with Crippen LogP contribution in [0.1, 0.15) is 47.4 Å². The van der Waals surface area contributed by atoms with Crippen molar-refractivity contribution in [3.63, 3.8) is 0 Å². The number of nitrogens with one attached hydrogen (secondary N) is 3. The van der Waals surface area contributed by atoms with Gasteiger partial charge in [0.25, 0.3) is 5.91 Å². The topological polar surface area (TPSA) is 107 Å². The standard InChI is InChI=1S/C22H21ClFN5O2/c1-11(2)13-5-15-20(28-29-21(15)26-8-13)14-7-18(25-9-14)22(31)27-19(10-30)12-3-4-17(24)16(23)6-12/h3-9,11,19,25,30H,10H2,1-2H3,(H,27,31)(H,26,28,29). The molecule has 0 fully saturated rings. The Bertz CT molecular complexity index is 1250. The van der Waals surface area contributed by atoms with Gasteiger partial charge in [-0.25, -0.2) is 9.37 Å². The van der Waals surface area contributed by atoms with Crippen molar-refractivity contribution in [1.82, 2.24) is 25.5 Å². The maximum absolute atomic E-state index is 13.4. The van der Waals surface area contributed by atoms with E-state index in [1.54, 1.807) is 12.3 Å². The van der Waals surface area contributed by atoms with Crippen molar-refractivity contribution in [2.45, 2.75) is 25.8 Å². The van der Waals surface area contributed by atoms with Crippen molar-refractivity contribution < 1.29 is 14.3 Å². The normalized spacial score (nSPS) is 12.5. The lowest BCUT2D eigenvalue weighted by atomic mass is 10.0. The van der Waals surface area contributed by atoms with Gasteiger partial charge < -0.3 is 15.4 Å². The van der Waals surface area contributed by atoms with E-state index < -0.39 is 17.8 Å². The van der Waals surface area contributed by atoms with E-state index in [0.29, 0.717) is 28.5 Å². The number of fused-ring (bicyclic) bond motifs is 1. The zero-order chi connectivity index (χ0) is 22.1. The molecule has 0 spiro atoms. The number of H-pyrrole nitrogens is 2. The molecule has 3 heterocycles. The predicted molar refractivity (Wildman–Crippen MR) is 116 cm³/mol.